The van der Waals surface area contributed by atoms with Crippen LogP contribution in [0, 0.1) is 0 Å². The molecule has 1 N–H and O–H groups in total. The molecule has 2 rings (SSSR count). The molecule has 2 amide bonds. The number of benzene rings is 1. The van der Waals surface area contributed by atoms with Crippen molar-refractivity contribution in [1.29, 1.82) is 0 Å². The molecule has 1 aliphatic rings. The number of urea groups is 1. The molecule has 1 aromatic rings. The number of hydrogen-bond donors (Lipinski definition) is 1. The lowest BCUT2D eigenvalue weighted by molar-refractivity contribution is 0.170. The number of hydrogen-bond acceptors (Lipinski definition) is 1. The molecule has 1 atom stereocenters. The minimum absolute atomic E-state index is 0.0506. The molecule has 92 valence electrons. The summed E-state index contributed by atoms with van der Waals surface area (Å²) in [4.78, 5) is 14.0. The fraction of sp³-hybridized carbons (Fsp3) is 0.462. The highest BCUT2D eigenvalue weighted by molar-refractivity contribution is 6.33. The molecule has 1 aliphatic heterocycles. The normalized spacial score (nSPS) is 20.1. The van der Waals surface area contributed by atoms with Gasteiger partial charge in [-0.05, 0) is 38.3 Å². The maximum absolute atomic E-state index is 12.1. The van der Waals surface area contributed by atoms with Gasteiger partial charge < -0.3 is 10.2 Å². The van der Waals surface area contributed by atoms with Crippen LogP contribution in [0.3, 0.4) is 0 Å². The number of nitrogens with zero attached hydrogens (tertiary/aromatic N) is 1. The molecule has 0 aromatic heterocycles. The van der Waals surface area contributed by atoms with Crippen LogP contribution in [0.15, 0.2) is 24.3 Å². The standard InChI is InChI=1S/C13H17ClN2O/c1-10-6-4-5-9-16(10)13(17)15-12-8-3-2-7-11(12)14/h2-3,7-8,10H,4-6,9H2,1H3,(H,15,17)/t10-/m1/s1. The Hall–Kier alpha value is -1.22. The van der Waals surface area contributed by atoms with Crippen molar-refractivity contribution in [3.05, 3.63) is 29.3 Å². The predicted octanol–water partition coefficient (Wildman–Crippen LogP) is 3.75. The molecule has 4 heteroatoms. The van der Waals surface area contributed by atoms with Gasteiger partial charge in [-0.25, -0.2) is 4.79 Å². The van der Waals surface area contributed by atoms with Crippen LogP contribution in [0.1, 0.15) is 26.2 Å². The number of amides is 2. The Morgan fingerprint density at radius 3 is 2.88 bits per heavy atom. The fourth-order valence-electron chi connectivity index (χ4n) is 2.15. The summed E-state index contributed by atoms with van der Waals surface area (Å²) in [7, 11) is 0. The maximum atomic E-state index is 12.1. The second kappa shape index (κ2) is 5.41. The summed E-state index contributed by atoms with van der Waals surface area (Å²) in [6.07, 6.45) is 3.37. The van der Waals surface area contributed by atoms with Crippen LogP contribution in [0.4, 0.5) is 10.5 Å². The van der Waals surface area contributed by atoms with E-state index in [1.165, 1.54) is 6.42 Å². The minimum atomic E-state index is -0.0506. The van der Waals surface area contributed by atoms with E-state index in [-0.39, 0.29) is 6.03 Å². The monoisotopic (exact) mass is 252 g/mol. The van der Waals surface area contributed by atoms with Crippen molar-refractivity contribution in [1.82, 2.24) is 4.90 Å². The zero-order valence-electron chi connectivity index (χ0n) is 9.95. The Kier molecular flexibility index (Phi) is 3.89. The van der Waals surface area contributed by atoms with E-state index in [0.717, 1.165) is 19.4 Å². The van der Waals surface area contributed by atoms with Crippen LogP contribution in [-0.4, -0.2) is 23.5 Å². The lowest BCUT2D eigenvalue weighted by atomic mass is 10.0. The Bertz CT molecular complexity index is 408. The van der Waals surface area contributed by atoms with Gasteiger partial charge in [0, 0.05) is 12.6 Å². The SMILES string of the molecule is C[C@@H]1CCCCN1C(=O)Nc1ccccc1Cl. The van der Waals surface area contributed by atoms with Gasteiger partial charge in [0.2, 0.25) is 0 Å². The summed E-state index contributed by atoms with van der Waals surface area (Å²) in [6, 6.07) is 7.56. The van der Waals surface area contributed by atoms with Gasteiger partial charge in [-0.1, -0.05) is 23.7 Å². The summed E-state index contributed by atoms with van der Waals surface area (Å²) in [5, 5.41) is 3.44. The Balaban J connectivity index is 2.03. The van der Waals surface area contributed by atoms with Gasteiger partial charge in [-0.2, -0.15) is 0 Å². The van der Waals surface area contributed by atoms with Crippen molar-refractivity contribution in [2.45, 2.75) is 32.2 Å². The smallest absolute Gasteiger partial charge is 0.322 e. The highest BCUT2D eigenvalue weighted by Crippen LogP contribution is 2.22. The molecule has 0 saturated carbocycles. The zero-order valence-corrected chi connectivity index (χ0v) is 10.7. The lowest BCUT2D eigenvalue weighted by Crippen LogP contribution is -2.44. The van der Waals surface area contributed by atoms with E-state index in [2.05, 4.69) is 12.2 Å². The molecule has 1 saturated heterocycles. The molecule has 1 aromatic carbocycles. The first-order valence-corrected chi connectivity index (χ1v) is 6.38. The van der Waals surface area contributed by atoms with Crippen LogP contribution in [0.25, 0.3) is 0 Å². The third kappa shape index (κ3) is 2.91. The summed E-state index contributed by atoms with van der Waals surface area (Å²) in [5.74, 6) is 0. The quantitative estimate of drug-likeness (QED) is 0.811. The van der Waals surface area contributed by atoms with Crippen LogP contribution >= 0.6 is 11.6 Å². The highest BCUT2D eigenvalue weighted by atomic mass is 35.5. The third-order valence-corrected chi connectivity index (χ3v) is 3.51. The predicted molar refractivity (Wildman–Crippen MR) is 70.5 cm³/mol. The highest BCUT2D eigenvalue weighted by Gasteiger charge is 2.23. The lowest BCUT2D eigenvalue weighted by Gasteiger charge is -2.33. The van der Waals surface area contributed by atoms with E-state index < -0.39 is 0 Å². The van der Waals surface area contributed by atoms with Gasteiger partial charge in [0.15, 0.2) is 0 Å². The van der Waals surface area contributed by atoms with E-state index in [1.54, 1.807) is 6.07 Å². The van der Waals surface area contributed by atoms with Crippen molar-refractivity contribution in [2.75, 3.05) is 11.9 Å². The number of anilines is 1. The summed E-state index contributed by atoms with van der Waals surface area (Å²) in [6.45, 7) is 2.92. The second-order valence-corrected chi connectivity index (χ2v) is 4.86. The van der Waals surface area contributed by atoms with Gasteiger partial charge in [0.1, 0.15) is 0 Å². The number of rotatable bonds is 1. The number of para-hydroxylation sites is 1. The molecule has 0 bridgehead atoms. The van der Waals surface area contributed by atoms with Gasteiger partial charge in [-0.15, -0.1) is 0 Å². The van der Waals surface area contributed by atoms with Gasteiger partial charge in [0.25, 0.3) is 0 Å². The van der Waals surface area contributed by atoms with Gasteiger partial charge in [-0.3, -0.25) is 0 Å². The van der Waals surface area contributed by atoms with E-state index in [4.69, 9.17) is 11.6 Å². The molecule has 17 heavy (non-hydrogen) atoms. The molecule has 3 nitrogen and oxygen atoms in total. The number of likely N-dealkylation sites (tertiary alicyclic amines) is 1. The largest absolute Gasteiger partial charge is 0.322 e. The van der Waals surface area contributed by atoms with E-state index >= 15 is 0 Å². The van der Waals surface area contributed by atoms with Crippen LogP contribution in [0.5, 0.6) is 0 Å². The van der Waals surface area contributed by atoms with Crippen molar-refractivity contribution < 1.29 is 4.79 Å². The van der Waals surface area contributed by atoms with E-state index in [0.29, 0.717) is 16.8 Å². The first-order chi connectivity index (χ1) is 8.18. The van der Waals surface area contributed by atoms with E-state index in [1.807, 2.05) is 23.1 Å². The zero-order chi connectivity index (χ0) is 12.3. The Morgan fingerprint density at radius 1 is 1.41 bits per heavy atom. The Morgan fingerprint density at radius 2 is 2.18 bits per heavy atom. The first-order valence-electron chi connectivity index (χ1n) is 6.00. The van der Waals surface area contributed by atoms with Crippen molar-refractivity contribution >= 4 is 23.3 Å². The maximum Gasteiger partial charge on any atom is 0.322 e. The minimum Gasteiger partial charge on any atom is -0.322 e. The molecule has 1 fully saturated rings. The number of carbonyl (C=O) groups excluding carboxylic acids is 1. The molecule has 1 heterocycles. The topological polar surface area (TPSA) is 32.3 Å². The summed E-state index contributed by atoms with van der Waals surface area (Å²) < 4.78 is 0. The average molecular weight is 253 g/mol. The number of piperidine rings is 1. The fourth-order valence-corrected chi connectivity index (χ4v) is 2.33. The Labute approximate surface area is 107 Å². The summed E-state index contributed by atoms with van der Waals surface area (Å²) >= 11 is 6.01. The molecule has 0 radical (unpaired) electrons. The van der Waals surface area contributed by atoms with Gasteiger partial charge >= 0.3 is 6.03 Å². The molecular formula is C13H17ClN2O. The van der Waals surface area contributed by atoms with Gasteiger partial charge in [0.05, 0.1) is 10.7 Å². The average Bonchev–Trinajstić information content (AvgIpc) is 2.32. The number of nitrogens with one attached hydrogen (secondary N) is 1. The number of carbonyl (C=O) groups is 1. The molecular weight excluding hydrogens is 236 g/mol. The van der Waals surface area contributed by atoms with Crippen molar-refractivity contribution in [2.24, 2.45) is 0 Å². The summed E-state index contributed by atoms with van der Waals surface area (Å²) in [5.41, 5.74) is 0.678. The molecule has 0 unspecified atom stereocenters. The van der Waals surface area contributed by atoms with Crippen molar-refractivity contribution in [3.8, 4) is 0 Å². The number of halogens is 1. The van der Waals surface area contributed by atoms with Crippen LogP contribution < -0.4 is 5.32 Å². The molecule has 0 aliphatic carbocycles. The second-order valence-electron chi connectivity index (χ2n) is 4.45. The third-order valence-electron chi connectivity index (χ3n) is 3.18. The molecule has 0 spiro atoms. The van der Waals surface area contributed by atoms with E-state index in [9.17, 15) is 4.79 Å². The van der Waals surface area contributed by atoms with Crippen LogP contribution in [0.2, 0.25) is 5.02 Å². The van der Waals surface area contributed by atoms with Crippen LogP contribution in [-0.2, 0) is 0 Å². The van der Waals surface area contributed by atoms with Crippen molar-refractivity contribution in [3.63, 3.8) is 0 Å². The first kappa shape index (κ1) is 12.2.